The first kappa shape index (κ1) is 24.5. The van der Waals surface area contributed by atoms with Gasteiger partial charge in [0.05, 0.1) is 0 Å². The minimum absolute atomic E-state index is 0.268. The summed E-state index contributed by atoms with van der Waals surface area (Å²) >= 11 is 0. The third kappa shape index (κ3) is 8.05. The average Bonchev–Trinajstić information content (AvgIpc) is 2.85. The molecule has 33 heavy (non-hydrogen) atoms. The Hall–Kier alpha value is -3.13. The molecule has 0 bridgehead atoms. The smallest absolute Gasteiger partial charge is 0.222 e. The molecule has 3 aromatic rings. The third-order valence-corrected chi connectivity index (χ3v) is 6.09. The van der Waals surface area contributed by atoms with E-state index in [2.05, 4.69) is 110 Å². The van der Waals surface area contributed by atoms with E-state index >= 15 is 0 Å². The number of unbranched alkanes of at least 4 members (excludes halogenated alkanes) is 2. The zero-order chi connectivity index (χ0) is 23.3. The SMILES string of the molecule is CCCCCC(=O)N(CCC(c1ccccc1)c1ccccc1)CC(C)=Cc1ccccc1. The highest BCUT2D eigenvalue weighted by Crippen LogP contribution is 2.28. The van der Waals surface area contributed by atoms with Crippen molar-refractivity contribution < 1.29 is 4.79 Å². The van der Waals surface area contributed by atoms with Crippen molar-refractivity contribution in [3.8, 4) is 0 Å². The predicted octanol–water partition coefficient (Wildman–Crippen LogP) is 7.72. The average molecular weight is 440 g/mol. The summed E-state index contributed by atoms with van der Waals surface area (Å²) < 4.78 is 0. The first-order valence-electron chi connectivity index (χ1n) is 12.3. The van der Waals surface area contributed by atoms with Gasteiger partial charge in [-0.25, -0.2) is 0 Å². The summed E-state index contributed by atoms with van der Waals surface area (Å²) in [6.07, 6.45) is 6.94. The minimum Gasteiger partial charge on any atom is -0.339 e. The highest BCUT2D eigenvalue weighted by molar-refractivity contribution is 5.76. The Morgan fingerprint density at radius 3 is 1.91 bits per heavy atom. The van der Waals surface area contributed by atoms with E-state index in [1.54, 1.807) is 0 Å². The summed E-state index contributed by atoms with van der Waals surface area (Å²) in [5, 5.41) is 0. The second-order valence-corrected chi connectivity index (χ2v) is 8.84. The lowest BCUT2D eigenvalue weighted by Gasteiger charge is -2.27. The Morgan fingerprint density at radius 1 is 0.818 bits per heavy atom. The van der Waals surface area contributed by atoms with E-state index in [1.165, 1.54) is 22.3 Å². The lowest BCUT2D eigenvalue weighted by molar-refractivity contribution is -0.131. The van der Waals surface area contributed by atoms with Crippen LogP contribution in [0.3, 0.4) is 0 Å². The monoisotopic (exact) mass is 439 g/mol. The van der Waals surface area contributed by atoms with Gasteiger partial charge in [-0.3, -0.25) is 4.79 Å². The highest BCUT2D eigenvalue weighted by atomic mass is 16.2. The number of hydrogen-bond donors (Lipinski definition) is 0. The van der Waals surface area contributed by atoms with E-state index in [0.717, 1.165) is 32.2 Å². The zero-order valence-corrected chi connectivity index (χ0v) is 20.1. The van der Waals surface area contributed by atoms with Crippen molar-refractivity contribution in [3.05, 3.63) is 113 Å². The fourth-order valence-electron chi connectivity index (χ4n) is 4.34. The van der Waals surface area contributed by atoms with E-state index in [-0.39, 0.29) is 11.8 Å². The van der Waals surface area contributed by atoms with Crippen LogP contribution in [0.15, 0.2) is 96.6 Å². The molecule has 0 saturated heterocycles. The fraction of sp³-hybridized carbons (Fsp3) is 0.323. The molecular weight excluding hydrogens is 402 g/mol. The lowest BCUT2D eigenvalue weighted by atomic mass is 9.88. The van der Waals surface area contributed by atoms with Crippen LogP contribution < -0.4 is 0 Å². The molecule has 0 radical (unpaired) electrons. The number of amides is 1. The van der Waals surface area contributed by atoms with Crippen LogP contribution in [-0.4, -0.2) is 23.9 Å². The summed E-state index contributed by atoms with van der Waals surface area (Å²) in [7, 11) is 0. The molecule has 0 N–H and O–H groups in total. The van der Waals surface area contributed by atoms with Gasteiger partial charge in [0.15, 0.2) is 0 Å². The minimum atomic E-state index is 0.268. The topological polar surface area (TPSA) is 20.3 Å². The maximum Gasteiger partial charge on any atom is 0.222 e. The number of carbonyl (C=O) groups excluding carboxylic acids is 1. The van der Waals surface area contributed by atoms with Crippen LogP contribution >= 0.6 is 0 Å². The Bertz CT molecular complexity index is 940. The Kier molecular flexibility index (Phi) is 9.97. The summed E-state index contributed by atoms with van der Waals surface area (Å²) in [6.45, 7) is 5.74. The number of hydrogen-bond acceptors (Lipinski definition) is 1. The maximum absolute atomic E-state index is 13.2. The molecule has 0 aromatic heterocycles. The normalized spacial score (nSPS) is 11.5. The van der Waals surface area contributed by atoms with Crippen LogP contribution in [-0.2, 0) is 4.79 Å². The molecule has 0 atom stereocenters. The van der Waals surface area contributed by atoms with Gasteiger partial charge >= 0.3 is 0 Å². The zero-order valence-electron chi connectivity index (χ0n) is 20.1. The molecule has 0 aliphatic heterocycles. The Balaban J connectivity index is 1.77. The molecule has 2 nitrogen and oxygen atoms in total. The Morgan fingerprint density at radius 2 is 1.36 bits per heavy atom. The van der Waals surface area contributed by atoms with Crippen LogP contribution in [0, 0.1) is 0 Å². The van der Waals surface area contributed by atoms with Crippen molar-refractivity contribution in [2.75, 3.05) is 13.1 Å². The summed E-state index contributed by atoms with van der Waals surface area (Å²) in [6, 6.07) is 31.7. The van der Waals surface area contributed by atoms with Gasteiger partial charge in [-0.2, -0.15) is 0 Å². The van der Waals surface area contributed by atoms with Gasteiger partial charge in [-0.1, -0.05) is 122 Å². The molecule has 0 heterocycles. The number of rotatable bonds is 12. The molecule has 0 spiro atoms. The van der Waals surface area contributed by atoms with Gasteiger partial charge < -0.3 is 4.90 Å². The van der Waals surface area contributed by atoms with Crippen LogP contribution in [0.1, 0.15) is 68.6 Å². The van der Waals surface area contributed by atoms with Gasteiger partial charge in [0.1, 0.15) is 0 Å². The van der Waals surface area contributed by atoms with Crippen LogP contribution in [0.25, 0.3) is 6.08 Å². The van der Waals surface area contributed by atoms with Gasteiger partial charge in [0, 0.05) is 25.4 Å². The molecule has 2 heteroatoms. The van der Waals surface area contributed by atoms with E-state index in [9.17, 15) is 4.79 Å². The molecule has 0 aliphatic carbocycles. The molecule has 0 unspecified atom stereocenters. The Labute approximate surface area is 200 Å². The second-order valence-electron chi connectivity index (χ2n) is 8.84. The largest absolute Gasteiger partial charge is 0.339 e. The maximum atomic E-state index is 13.2. The lowest BCUT2D eigenvalue weighted by Crippen LogP contribution is -2.34. The molecule has 0 fully saturated rings. The summed E-state index contributed by atoms with van der Waals surface area (Å²) in [5.41, 5.74) is 5.00. The molecule has 172 valence electrons. The first-order valence-corrected chi connectivity index (χ1v) is 12.3. The number of carbonyl (C=O) groups is 1. The van der Waals surface area contributed by atoms with Crippen molar-refractivity contribution in [1.82, 2.24) is 4.90 Å². The van der Waals surface area contributed by atoms with Gasteiger partial charge in [-0.15, -0.1) is 0 Å². The summed E-state index contributed by atoms with van der Waals surface area (Å²) in [5.74, 6) is 0.542. The fourth-order valence-corrected chi connectivity index (χ4v) is 4.34. The van der Waals surface area contributed by atoms with E-state index in [0.29, 0.717) is 13.0 Å². The van der Waals surface area contributed by atoms with Gasteiger partial charge in [0.25, 0.3) is 0 Å². The quantitative estimate of drug-likeness (QED) is 0.265. The van der Waals surface area contributed by atoms with Crippen LogP contribution in [0.2, 0.25) is 0 Å². The molecular formula is C31H37NO. The summed E-state index contributed by atoms with van der Waals surface area (Å²) in [4.78, 5) is 15.3. The standard InChI is InChI=1S/C31H37NO/c1-3-4-8-21-31(33)32(25-26(2)24-27-15-9-5-10-16-27)23-22-30(28-17-11-6-12-18-28)29-19-13-7-14-20-29/h5-7,9-20,24,30H,3-4,8,21-23,25H2,1-2H3. The first-order chi connectivity index (χ1) is 16.2. The van der Waals surface area contributed by atoms with Crippen molar-refractivity contribution in [2.45, 2.75) is 51.9 Å². The van der Waals surface area contributed by atoms with E-state index in [1.807, 2.05) is 6.07 Å². The second kappa shape index (κ2) is 13.4. The molecule has 3 aromatic carbocycles. The molecule has 3 rings (SSSR count). The van der Waals surface area contributed by atoms with Gasteiger partial charge in [0.2, 0.25) is 5.91 Å². The van der Waals surface area contributed by atoms with Crippen molar-refractivity contribution in [2.24, 2.45) is 0 Å². The van der Waals surface area contributed by atoms with Crippen LogP contribution in [0.4, 0.5) is 0 Å². The molecule has 1 amide bonds. The number of nitrogens with zero attached hydrogens (tertiary/aromatic N) is 1. The van der Waals surface area contributed by atoms with Crippen molar-refractivity contribution >= 4 is 12.0 Å². The van der Waals surface area contributed by atoms with Crippen molar-refractivity contribution in [3.63, 3.8) is 0 Å². The third-order valence-electron chi connectivity index (χ3n) is 6.09. The van der Waals surface area contributed by atoms with Gasteiger partial charge in [-0.05, 0) is 36.5 Å². The molecule has 0 saturated carbocycles. The predicted molar refractivity (Wildman–Crippen MR) is 140 cm³/mol. The van der Waals surface area contributed by atoms with Crippen LogP contribution in [0.5, 0.6) is 0 Å². The van der Waals surface area contributed by atoms with Crippen molar-refractivity contribution in [1.29, 1.82) is 0 Å². The highest BCUT2D eigenvalue weighted by Gasteiger charge is 2.19. The molecule has 0 aliphatic rings. The van der Waals surface area contributed by atoms with E-state index in [4.69, 9.17) is 0 Å². The number of benzene rings is 3. The van der Waals surface area contributed by atoms with E-state index < -0.39 is 0 Å².